The number of benzene rings is 4. The van der Waals surface area contributed by atoms with Crippen LogP contribution < -0.4 is 5.32 Å². The third-order valence-corrected chi connectivity index (χ3v) is 9.00. The zero-order chi connectivity index (χ0) is 29.4. The first kappa shape index (κ1) is 29.1. The smallest absolute Gasteiger partial charge is 0.220 e. The van der Waals surface area contributed by atoms with Gasteiger partial charge >= 0.3 is 0 Å². The summed E-state index contributed by atoms with van der Waals surface area (Å²) in [6.07, 6.45) is 2.05. The van der Waals surface area contributed by atoms with Gasteiger partial charge in [-0.2, -0.15) is 0 Å². The summed E-state index contributed by atoms with van der Waals surface area (Å²) in [6, 6.07) is 37.6. The van der Waals surface area contributed by atoms with E-state index in [9.17, 15) is 4.79 Å². The minimum Gasteiger partial charge on any atom is -0.356 e. The Labute approximate surface area is 264 Å². The van der Waals surface area contributed by atoms with Gasteiger partial charge in [-0.05, 0) is 47.7 Å². The van der Waals surface area contributed by atoms with E-state index in [2.05, 4.69) is 121 Å². The molecule has 4 aromatic carbocycles. The zero-order valence-electron chi connectivity index (χ0n) is 23.7. The molecule has 43 heavy (non-hydrogen) atoms. The third-order valence-electron chi connectivity index (χ3n) is 7.55. The number of nitrogens with zero attached hydrogens (tertiary/aromatic N) is 4. The van der Waals surface area contributed by atoms with E-state index in [1.54, 1.807) is 11.8 Å². The molecule has 2 aromatic heterocycles. The number of nitrogens with one attached hydrogen (secondary N) is 1. The molecule has 0 atom stereocenters. The zero-order valence-corrected chi connectivity index (χ0v) is 26.1. The second-order valence-electron chi connectivity index (χ2n) is 10.5. The van der Waals surface area contributed by atoms with Crippen molar-refractivity contribution in [1.82, 2.24) is 25.1 Å². The Hall–Kier alpha value is -4.01. The first-order valence-corrected chi connectivity index (χ1v) is 16.3. The minimum absolute atomic E-state index is 0.0737. The number of para-hydroxylation sites is 1. The molecule has 1 N–H and O–H groups in total. The molecule has 0 saturated heterocycles. The molecule has 1 amide bonds. The first-order chi connectivity index (χ1) is 21.2. The second kappa shape index (κ2) is 14.0. The number of amides is 1. The Balaban J connectivity index is 1.04. The van der Waals surface area contributed by atoms with Gasteiger partial charge in [0.25, 0.3) is 0 Å². The molecule has 6 aromatic rings. The van der Waals surface area contributed by atoms with E-state index in [1.165, 1.54) is 16.7 Å². The Morgan fingerprint density at radius 3 is 2.23 bits per heavy atom. The van der Waals surface area contributed by atoms with Gasteiger partial charge in [0.15, 0.2) is 5.65 Å². The lowest BCUT2D eigenvalue weighted by molar-refractivity contribution is -0.121. The number of fused-ring (bicyclic) bond motifs is 3. The number of rotatable bonds is 12. The van der Waals surface area contributed by atoms with Gasteiger partial charge in [-0.15, -0.1) is 10.2 Å². The van der Waals surface area contributed by atoms with E-state index in [0.29, 0.717) is 24.7 Å². The maximum atomic E-state index is 12.7. The Kier molecular flexibility index (Phi) is 9.45. The van der Waals surface area contributed by atoms with Crippen molar-refractivity contribution in [1.29, 1.82) is 0 Å². The molecule has 0 bridgehead atoms. The van der Waals surface area contributed by atoms with Crippen molar-refractivity contribution < 1.29 is 4.79 Å². The van der Waals surface area contributed by atoms with Crippen LogP contribution in [0.2, 0.25) is 0 Å². The summed E-state index contributed by atoms with van der Waals surface area (Å²) in [4.78, 5) is 17.6. The fourth-order valence-electron chi connectivity index (χ4n) is 5.42. The molecule has 6 rings (SSSR count). The van der Waals surface area contributed by atoms with Crippen LogP contribution in [0, 0.1) is 0 Å². The SMILES string of the molecule is O=C(CCCSc1nnc2c3ccccc3n(Cc3ccc(Br)cc3)c2n1)NCCC(c1ccccc1)c1ccccc1. The lowest BCUT2D eigenvalue weighted by Gasteiger charge is -2.18. The summed E-state index contributed by atoms with van der Waals surface area (Å²) in [5.41, 5.74) is 6.43. The van der Waals surface area contributed by atoms with E-state index >= 15 is 0 Å². The van der Waals surface area contributed by atoms with Crippen molar-refractivity contribution in [3.05, 3.63) is 130 Å². The number of hydrogen-bond acceptors (Lipinski definition) is 5. The quantitative estimate of drug-likeness (QED) is 0.107. The maximum absolute atomic E-state index is 12.7. The normalized spacial score (nSPS) is 11.4. The van der Waals surface area contributed by atoms with Crippen LogP contribution in [0.1, 0.15) is 41.9 Å². The van der Waals surface area contributed by atoms with Crippen molar-refractivity contribution in [2.75, 3.05) is 12.3 Å². The number of aromatic nitrogens is 4. The second-order valence-corrected chi connectivity index (χ2v) is 12.4. The van der Waals surface area contributed by atoms with Crippen LogP contribution >= 0.6 is 27.7 Å². The minimum atomic E-state index is 0.0737. The fourth-order valence-corrected chi connectivity index (χ4v) is 6.40. The predicted octanol–water partition coefficient (Wildman–Crippen LogP) is 8.00. The number of halogens is 1. The van der Waals surface area contributed by atoms with Crippen LogP contribution in [-0.2, 0) is 11.3 Å². The van der Waals surface area contributed by atoms with E-state index < -0.39 is 0 Å². The van der Waals surface area contributed by atoms with Gasteiger partial charge in [0.1, 0.15) is 5.52 Å². The van der Waals surface area contributed by atoms with Gasteiger partial charge in [0.05, 0.1) is 5.52 Å². The van der Waals surface area contributed by atoms with Gasteiger partial charge in [-0.3, -0.25) is 4.79 Å². The molecular weight excluding hydrogens is 618 g/mol. The van der Waals surface area contributed by atoms with E-state index in [1.807, 2.05) is 24.3 Å². The predicted molar refractivity (Wildman–Crippen MR) is 178 cm³/mol. The van der Waals surface area contributed by atoms with Crippen LogP contribution in [0.3, 0.4) is 0 Å². The average molecular weight is 651 g/mol. The molecule has 6 nitrogen and oxygen atoms in total. The molecule has 0 aliphatic carbocycles. The molecule has 0 unspecified atom stereocenters. The number of hydrogen-bond donors (Lipinski definition) is 1. The Morgan fingerprint density at radius 2 is 1.51 bits per heavy atom. The highest BCUT2D eigenvalue weighted by Gasteiger charge is 2.16. The fraction of sp³-hybridized carbons (Fsp3) is 0.200. The highest BCUT2D eigenvalue weighted by atomic mass is 79.9. The van der Waals surface area contributed by atoms with Crippen LogP contribution in [0.25, 0.3) is 22.1 Å². The highest BCUT2D eigenvalue weighted by Crippen LogP contribution is 2.29. The van der Waals surface area contributed by atoms with Crippen LogP contribution in [-0.4, -0.2) is 38.0 Å². The molecule has 8 heteroatoms. The number of carbonyl (C=O) groups excluding carboxylic acids is 1. The van der Waals surface area contributed by atoms with Crippen molar-refractivity contribution >= 4 is 55.7 Å². The first-order valence-electron chi connectivity index (χ1n) is 14.5. The van der Waals surface area contributed by atoms with E-state index in [0.717, 1.165) is 45.1 Å². The summed E-state index contributed by atoms with van der Waals surface area (Å²) in [5.74, 6) is 1.06. The largest absolute Gasteiger partial charge is 0.356 e. The van der Waals surface area contributed by atoms with Crippen molar-refractivity contribution in [3.8, 4) is 0 Å². The van der Waals surface area contributed by atoms with Crippen LogP contribution in [0.5, 0.6) is 0 Å². The summed E-state index contributed by atoms with van der Waals surface area (Å²) in [7, 11) is 0. The summed E-state index contributed by atoms with van der Waals surface area (Å²) in [5, 5.41) is 13.8. The number of carbonyl (C=O) groups is 1. The average Bonchev–Trinajstić information content (AvgIpc) is 3.36. The Bertz CT molecular complexity index is 1770. The van der Waals surface area contributed by atoms with Gasteiger partial charge in [0.2, 0.25) is 11.1 Å². The Morgan fingerprint density at radius 1 is 0.837 bits per heavy atom. The van der Waals surface area contributed by atoms with Crippen molar-refractivity contribution in [2.45, 2.75) is 36.9 Å². The standard InChI is InChI=1S/C35H32BrN5OS/c36-28-19-17-25(18-20-28)24-41-31-15-8-7-14-30(31)33-34(41)38-35(40-39-33)43-23-9-16-32(42)37-22-21-29(26-10-3-1-4-11-26)27-12-5-2-6-13-27/h1-8,10-15,17-20,29H,9,16,21-24H2,(H,37,42). The van der Waals surface area contributed by atoms with Crippen molar-refractivity contribution in [2.24, 2.45) is 0 Å². The lowest BCUT2D eigenvalue weighted by Crippen LogP contribution is -2.25. The molecule has 0 radical (unpaired) electrons. The van der Waals surface area contributed by atoms with Crippen LogP contribution in [0.15, 0.2) is 119 Å². The molecule has 2 heterocycles. The maximum Gasteiger partial charge on any atom is 0.220 e. The van der Waals surface area contributed by atoms with E-state index in [4.69, 9.17) is 4.98 Å². The van der Waals surface area contributed by atoms with E-state index in [-0.39, 0.29) is 11.8 Å². The molecule has 0 fully saturated rings. The van der Waals surface area contributed by atoms with Gasteiger partial charge < -0.3 is 9.88 Å². The summed E-state index contributed by atoms with van der Waals surface area (Å²) >= 11 is 5.06. The molecule has 216 valence electrons. The lowest BCUT2D eigenvalue weighted by atomic mass is 9.88. The molecule has 0 aliphatic rings. The number of thioether (sulfide) groups is 1. The summed E-state index contributed by atoms with van der Waals surface area (Å²) in [6.45, 7) is 1.32. The molecule has 0 aliphatic heterocycles. The summed E-state index contributed by atoms with van der Waals surface area (Å²) < 4.78 is 3.26. The van der Waals surface area contributed by atoms with Gasteiger partial charge in [-0.25, -0.2) is 4.98 Å². The van der Waals surface area contributed by atoms with Gasteiger partial charge in [0, 0.05) is 41.0 Å². The van der Waals surface area contributed by atoms with Gasteiger partial charge in [-0.1, -0.05) is 119 Å². The topological polar surface area (TPSA) is 72.7 Å². The molecule has 0 spiro atoms. The van der Waals surface area contributed by atoms with Crippen LogP contribution in [0.4, 0.5) is 0 Å². The molecule has 0 saturated carbocycles. The third kappa shape index (κ3) is 7.14. The highest BCUT2D eigenvalue weighted by molar-refractivity contribution is 9.10. The monoisotopic (exact) mass is 649 g/mol. The van der Waals surface area contributed by atoms with Crippen molar-refractivity contribution in [3.63, 3.8) is 0 Å². The molecular formula is C35H32BrN5OS.